The Labute approximate surface area is 98.9 Å². The summed E-state index contributed by atoms with van der Waals surface area (Å²) in [5, 5.41) is 9.63. The van der Waals surface area contributed by atoms with Crippen molar-refractivity contribution in [3.8, 4) is 5.75 Å². The standard InChI is InChI=1S/C7H6O2.C5H8O3/c1-2-4-7-6(3-1)5-8-9-7;1-2-3-4(6)5(7)8/h1-4H,5H2;2-3H2,1H3,(H,7,8)/p-1. The summed E-state index contributed by atoms with van der Waals surface area (Å²) in [6.07, 6.45) is 0.648. The molecular formula is C12H13O5-. The van der Waals surface area contributed by atoms with Gasteiger partial charge in [0.05, 0.1) is 0 Å². The molecule has 1 aliphatic heterocycles. The van der Waals surface area contributed by atoms with Gasteiger partial charge in [-0.25, -0.2) is 0 Å². The zero-order valence-corrected chi connectivity index (χ0v) is 9.47. The van der Waals surface area contributed by atoms with E-state index in [2.05, 4.69) is 0 Å². The number of carbonyl (C=O) groups is 2. The van der Waals surface area contributed by atoms with Crippen molar-refractivity contribution in [1.82, 2.24) is 0 Å². The van der Waals surface area contributed by atoms with Gasteiger partial charge in [0.2, 0.25) is 0 Å². The maximum absolute atomic E-state index is 10.1. The molecular weight excluding hydrogens is 224 g/mol. The van der Waals surface area contributed by atoms with Crippen molar-refractivity contribution in [3.63, 3.8) is 0 Å². The van der Waals surface area contributed by atoms with Gasteiger partial charge in [-0.2, -0.15) is 4.89 Å². The van der Waals surface area contributed by atoms with Gasteiger partial charge >= 0.3 is 0 Å². The number of ketones is 1. The summed E-state index contributed by atoms with van der Waals surface area (Å²) in [4.78, 5) is 29.2. The molecule has 0 atom stereocenters. The van der Waals surface area contributed by atoms with E-state index < -0.39 is 11.8 Å². The molecule has 0 N–H and O–H groups in total. The van der Waals surface area contributed by atoms with Crippen LogP contribution >= 0.6 is 0 Å². The first-order valence-electron chi connectivity index (χ1n) is 5.26. The van der Waals surface area contributed by atoms with E-state index in [1.807, 2.05) is 24.3 Å². The molecule has 0 aromatic heterocycles. The fourth-order valence-corrected chi connectivity index (χ4v) is 1.19. The summed E-state index contributed by atoms with van der Waals surface area (Å²) in [5.41, 5.74) is 1.12. The summed E-state index contributed by atoms with van der Waals surface area (Å²) >= 11 is 0. The van der Waals surface area contributed by atoms with E-state index in [1.54, 1.807) is 6.92 Å². The molecule has 0 saturated heterocycles. The number of aliphatic carboxylic acids is 1. The van der Waals surface area contributed by atoms with Gasteiger partial charge in [0.15, 0.2) is 11.5 Å². The predicted octanol–water partition coefficient (Wildman–Crippen LogP) is 0.616. The predicted molar refractivity (Wildman–Crippen MR) is 56.8 cm³/mol. The average molecular weight is 237 g/mol. The van der Waals surface area contributed by atoms with Gasteiger partial charge in [-0.05, 0) is 12.5 Å². The Kier molecular flexibility index (Phi) is 5.16. The largest absolute Gasteiger partial charge is 0.542 e. The lowest BCUT2D eigenvalue weighted by Crippen LogP contribution is -2.31. The number of carboxylic acid groups (broad SMARTS) is 1. The van der Waals surface area contributed by atoms with E-state index in [-0.39, 0.29) is 6.42 Å². The van der Waals surface area contributed by atoms with Gasteiger partial charge in [0, 0.05) is 12.0 Å². The second-order valence-corrected chi connectivity index (χ2v) is 3.41. The van der Waals surface area contributed by atoms with Crippen LogP contribution in [0.5, 0.6) is 5.75 Å². The monoisotopic (exact) mass is 237 g/mol. The van der Waals surface area contributed by atoms with Crippen molar-refractivity contribution in [2.75, 3.05) is 0 Å². The molecule has 1 aliphatic rings. The molecule has 2 rings (SSSR count). The van der Waals surface area contributed by atoms with Gasteiger partial charge in [0.25, 0.3) is 0 Å². The summed E-state index contributed by atoms with van der Waals surface area (Å²) in [6.45, 7) is 2.32. The normalized spacial score (nSPS) is 11.8. The molecule has 0 aliphatic carbocycles. The molecule has 92 valence electrons. The van der Waals surface area contributed by atoms with E-state index in [9.17, 15) is 14.7 Å². The molecule has 1 aromatic rings. The Balaban J connectivity index is 0.000000172. The Bertz CT molecular complexity index is 377. The number of Topliss-reactive ketones (excluding diaryl/α,β-unsaturated/α-hetero) is 1. The van der Waals surface area contributed by atoms with Crippen molar-refractivity contribution in [2.24, 2.45) is 0 Å². The zero-order valence-electron chi connectivity index (χ0n) is 9.47. The second kappa shape index (κ2) is 6.65. The topological polar surface area (TPSA) is 75.7 Å². The minimum atomic E-state index is -1.58. The number of para-hydroxylation sites is 1. The molecule has 0 spiro atoms. The average Bonchev–Trinajstić information content (AvgIpc) is 2.78. The number of carboxylic acids is 1. The summed E-state index contributed by atoms with van der Waals surface area (Å²) in [5.74, 6) is -1.54. The molecule has 17 heavy (non-hydrogen) atoms. The zero-order chi connectivity index (χ0) is 12.7. The summed E-state index contributed by atoms with van der Waals surface area (Å²) < 4.78 is 0. The quantitative estimate of drug-likeness (QED) is 0.569. The molecule has 1 heterocycles. The lowest BCUT2D eigenvalue weighted by molar-refractivity contribution is -0.300. The van der Waals surface area contributed by atoms with Crippen LogP contribution in [0.4, 0.5) is 0 Å². The second-order valence-electron chi connectivity index (χ2n) is 3.41. The van der Waals surface area contributed by atoms with Crippen LogP contribution in [0.2, 0.25) is 0 Å². The highest BCUT2D eigenvalue weighted by molar-refractivity contribution is 6.31. The SMILES string of the molecule is CCCC(=O)C(=O)[O-].c1ccc2c(c1)COO2. The van der Waals surface area contributed by atoms with Crippen LogP contribution < -0.4 is 9.99 Å². The van der Waals surface area contributed by atoms with Gasteiger partial charge < -0.3 is 14.8 Å². The highest BCUT2D eigenvalue weighted by Crippen LogP contribution is 2.24. The number of hydrogen-bond donors (Lipinski definition) is 0. The molecule has 0 bridgehead atoms. The van der Waals surface area contributed by atoms with E-state index in [0.29, 0.717) is 13.0 Å². The fraction of sp³-hybridized carbons (Fsp3) is 0.333. The van der Waals surface area contributed by atoms with Crippen LogP contribution in [0.1, 0.15) is 25.3 Å². The highest BCUT2D eigenvalue weighted by atomic mass is 17.2. The molecule has 0 unspecified atom stereocenters. The van der Waals surface area contributed by atoms with Crippen molar-refractivity contribution in [3.05, 3.63) is 29.8 Å². The molecule has 0 radical (unpaired) electrons. The van der Waals surface area contributed by atoms with E-state index in [0.717, 1.165) is 11.3 Å². The van der Waals surface area contributed by atoms with Crippen LogP contribution in [0, 0.1) is 0 Å². The van der Waals surface area contributed by atoms with Crippen molar-refractivity contribution in [2.45, 2.75) is 26.4 Å². The van der Waals surface area contributed by atoms with Crippen LogP contribution in [0.25, 0.3) is 0 Å². The Morgan fingerprint density at radius 3 is 2.59 bits per heavy atom. The maximum atomic E-state index is 10.1. The summed E-state index contributed by atoms with van der Waals surface area (Å²) in [6, 6.07) is 7.77. The number of carbonyl (C=O) groups excluding carboxylic acids is 2. The molecule has 0 amide bonds. The van der Waals surface area contributed by atoms with Gasteiger partial charge in [-0.3, -0.25) is 4.79 Å². The van der Waals surface area contributed by atoms with Crippen LogP contribution in [0.3, 0.4) is 0 Å². The third-order valence-electron chi connectivity index (χ3n) is 2.04. The number of fused-ring (bicyclic) bond motifs is 1. The lowest BCUT2D eigenvalue weighted by Gasteiger charge is -1.95. The van der Waals surface area contributed by atoms with Crippen molar-refractivity contribution in [1.29, 1.82) is 0 Å². The van der Waals surface area contributed by atoms with Gasteiger partial charge in [0.1, 0.15) is 12.6 Å². The number of rotatable bonds is 3. The van der Waals surface area contributed by atoms with E-state index >= 15 is 0 Å². The van der Waals surface area contributed by atoms with E-state index in [1.165, 1.54) is 0 Å². The minimum absolute atomic E-state index is 0.0856. The molecule has 5 nitrogen and oxygen atoms in total. The Morgan fingerprint density at radius 2 is 2.06 bits per heavy atom. The Morgan fingerprint density at radius 1 is 1.35 bits per heavy atom. The van der Waals surface area contributed by atoms with Crippen LogP contribution in [0.15, 0.2) is 24.3 Å². The van der Waals surface area contributed by atoms with Gasteiger partial charge in [-0.1, -0.05) is 25.1 Å². The third kappa shape index (κ3) is 4.24. The molecule has 5 heteroatoms. The van der Waals surface area contributed by atoms with E-state index in [4.69, 9.17) is 9.78 Å². The maximum Gasteiger partial charge on any atom is 0.178 e. The van der Waals surface area contributed by atoms with Crippen LogP contribution in [-0.4, -0.2) is 11.8 Å². The fourth-order valence-electron chi connectivity index (χ4n) is 1.19. The van der Waals surface area contributed by atoms with Crippen molar-refractivity contribution >= 4 is 11.8 Å². The van der Waals surface area contributed by atoms with Crippen molar-refractivity contribution < 1.29 is 24.5 Å². The van der Waals surface area contributed by atoms with Crippen LogP contribution in [-0.2, 0) is 21.1 Å². The first-order valence-corrected chi connectivity index (χ1v) is 5.26. The Hall–Kier alpha value is -1.88. The molecule has 0 fully saturated rings. The summed E-state index contributed by atoms with van der Waals surface area (Å²) in [7, 11) is 0. The minimum Gasteiger partial charge on any atom is -0.542 e. The molecule has 1 aromatic carbocycles. The molecule has 0 saturated carbocycles. The number of hydrogen-bond acceptors (Lipinski definition) is 5. The van der Waals surface area contributed by atoms with Gasteiger partial charge in [-0.15, -0.1) is 0 Å². The first-order chi connectivity index (χ1) is 8.15. The highest BCUT2D eigenvalue weighted by Gasteiger charge is 2.10. The first kappa shape index (κ1) is 13.2. The smallest absolute Gasteiger partial charge is 0.178 e. The number of benzene rings is 1. The lowest BCUT2D eigenvalue weighted by atomic mass is 10.2. The third-order valence-corrected chi connectivity index (χ3v) is 2.04.